The third-order valence-electron chi connectivity index (χ3n) is 4.73. The van der Waals surface area contributed by atoms with E-state index in [-0.39, 0.29) is 17.3 Å². The van der Waals surface area contributed by atoms with Crippen molar-refractivity contribution >= 4 is 33.5 Å². The Balaban J connectivity index is 1.76. The number of rotatable bonds is 3. The molecule has 0 radical (unpaired) electrons. The summed E-state index contributed by atoms with van der Waals surface area (Å²) in [7, 11) is 0. The van der Waals surface area contributed by atoms with Gasteiger partial charge in [-0.05, 0) is 37.8 Å². The predicted molar refractivity (Wildman–Crippen MR) is 93.3 cm³/mol. The molecular weight excluding hydrogens is 340 g/mol. The van der Waals surface area contributed by atoms with Crippen LogP contribution in [-0.2, 0) is 9.53 Å². The van der Waals surface area contributed by atoms with E-state index in [9.17, 15) is 13.6 Å². The summed E-state index contributed by atoms with van der Waals surface area (Å²) in [4.78, 5) is 23.4. The first-order valence-corrected chi connectivity index (χ1v) is 8.56. The number of nitrogens with one attached hydrogen (secondary N) is 1. The van der Waals surface area contributed by atoms with Crippen LogP contribution in [0.5, 0.6) is 0 Å². The topological polar surface area (TPSA) is 67.9 Å². The Morgan fingerprint density at radius 2 is 2.19 bits per heavy atom. The summed E-state index contributed by atoms with van der Waals surface area (Å²) < 4.78 is 32.8. The lowest BCUT2D eigenvalue weighted by molar-refractivity contribution is -0.148. The van der Waals surface area contributed by atoms with Gasteiger partial charge in [-0.25, -0.2) is 18.7 Å². The number of carbonyl (C=O) groups excluding carboxylic acids is 1. The molecule has 1 aliphatic carbocycles. The number of fused-ring (bicyclic) bond motifs is 3. The van der Waals surface area contributed by atoms with E-state index in [1.807, 2.05) is 6.08 Å². The minimum Gasteiger partial charge on any atom is -0.466 e. The molecule has 0 spiro atoms. The van der Waals surface area contributed by atoms with Gasteiger partial charge in [-0.3, -0.25) is 4.79 Å². The minimum atomic E-state index is -0.657. The molecule has 0 saturated carbocycles. The highest BCUT2D eigenvalue weighted by atomic mass is 19.1. The number of allylic oxidation sites excluding steroid dienone is 2. The Kier molecular flexibility index (Phi) is 4.14. The lowest BCUT2D eigenvalue weighted by atomic mass is 9.88. The maximum Gasteiger partial charge on any atom is 0.309 e. The summed E-state index contributed by atoms with van der Waals surface area (Å²) in [5.74, 6) is -1.63. The zero-order chi connectivity index (χ0) is 18.3. The zero-order valence-corrected chi connectivity index (χ0v) is 14.2. The average Bonchev–Trinajstić information content (AvgIpc) is 3.00. The molecular formula is C19H17F2N3O2. The number of carbonyl (C=O) groups is 1. The van der Waals surface area contributed by atoms with E-state index in [0.29, 0.717) is 48.1 Å². The van der Waals surface area contributed by atoms with Crippen molar-refractivity contribution in [3.05, 3.63) is 41.9 Å². The van der Waals surface area contributed by atoms with E-state index in [2.05, 4.69) is 15.0 Å². The summed E-state index contributed by atoms with van der Waals surface area (Å²) in [5, 5.41) is 0.255. The number of hydrogen-bond donors (Lipinski definition) is 1. The molecule has 3 aromatic rings. The molecule has 1 atom stereocenters. The van der Waals surface area contributed by atoms with Gasteiger partial charge in [0.05, 0.1) is 34.6 Å². The number of aromatic amines is 1. The Morgan fingerprint density at radius 3 is 2.92 bits per heavy atom. The molecule has 1 N–H and O–H groups in total. The van der Waals surface area contributed by atoms with E-state index in [0.717, 1.165) is 11.6 Å². The highest BCUT2D eigenvalue weighted by Gasteiger charge is 2.25. The number of nitrogens with zero attached hydrogens (tertiary/aromatic N) is 2. The van der Waals surface area contributed by atoms with Gasteiger partial charge in [0.15, 0.2) is 0 Å². The van der Waals surface area contributed by atoms with Crippen LogP contribution < -0.4 is 0 Å². The van der Waals surface area contributed by atoms with Crippen LogP contribution in [0.1, 0.15) is 31.9 Å². The molecule has 0 saturated heterocycles. The Hall–Kier alpha value is -2.83. The number of hydrogen-bond acceptors (Lipinski definition) is 4. The fraction of sp³-hybridized carbons (Fsp3) is 0.316. The maximum atomic E-state index is 14.2. The van der Waals surface area contributed by atoms with Crippen molar-refractivity contribution in [3.63, 3.8) is 0 Å². The molecule has 4 rings (SSSR count). The van der Waals surface area contributed by atoms with Crippen LogP contribution in [-0.4, -0.2) is 27.5 Å². The molecule has 1 unspecified atom stereocenters. The van der Waals surface area contributed by atoms with Crippen molar-refractivity contribution in [2.45, 2.75) is 26.2 Å². The van der Waals surface area contributed by atoms with Crippen LogP contribution in [0.2, 0.25) is 0 Å². The second-order valence-electron chi connectivity index (χ2n) is 6.33. The van der Waals surface area contributed by atoms with E-state index < -0.39 is 11.6 Å². The number of aromatic nitrogens is 3. The highest BCUT2D eigenvalue weighted by molar-refractivity contribution is 6.07. The average molecular weight is 357 g/mol. The number of halogens is 2. The third kappa shape index (κ3) is 2.73. The van der Waals surface area contributed by atoms with Gasteiger partial charge in [0.25, 0.3) is 0 Å². The van der Waals surface area contributed by atoms with E-state index in [4.69, 9.17) is 4.74 Å². The minimum absolute atomic E-state index is 0.148. The first kappa shape index (κ1) is 16.6. The van der Waals surface area contributed by atoms with Crippen LogP contribution in [0.15, 0.2) is 24.5 Å². The van der Waals surface area contributed by atoms with Crippen molar-refractivity contribution in [1.82, 2.24) is 15.0 Å². The highest BCUT2D eigenvalue weighted by Crippen LogP contribution is 2.35. The summed E-state index contributed by atoms with van der Waals surface area (Å²) >= 11 is 0. The lowest BCUT2D eigenvalue weighted by Gasteiger charge is -2.20. The quantitative estimate of drug-likeness (QED) is 0.716. The predicted octanol–water partition coefficient (Wildman–Crippen LogP) is 4.14. The molecule has 0 bridgehead atoms. The molecule has 5 nitrogen and oxygen atoms in total. The second kappa shape index (κ2) is 6.48. The molecule has 2 aromatic heterocycles. The Labute approximate surface area is 148 Å². The normalized spacial score (nSPS) is 17.5. The van der Waals surface area contributed by atoms with Crippen molar-refractivity contribution in [1.29, 1.82) is 0 Å². The van der Waals surface area contributed by atoms with Crippen molar-refractivity contribution in [2.24, 2.45) is 5.92 Å². The van der Waals surface area contributed by atoms with Crippen LogP contribution in [0.4, 0.5) is 8.78 Å². The third-order valence-corrected chi connectivity index (χ3v) is 4.73. The van der Waals surface area contributed by atoms with E-state index >= 15 is 0 Å². The number of esters is 1. The van der Waals surface area contributed by atoms with Crippen LogP contribution >= 0.6 is 0 Å². The van der Waals surface area contributed by atoms with Crippen LogP contribution in [0, 0.1) is 17.6 Å². The number of ether oxygens (including phenoxy) is 1. The maximum absolute atomic E-state index is 14.2. The molecule has 1 aliphatic rings. The molecule has 0 fully saturated rings. The lowest BCUT2D eigenvalue weighted by Crippen LogP contribution is -2.19. The molecule has 26 heavy (non-hydrogen) atoms. The smallest absolute Gasteiger partial charge is 0.309 e. The Bertz CT molecular complexity index is 1040. The summed E-state index contributed by atoms with van der Waals surface area (Å²) in [6, 6.07) is 2.09. The molecule has 0 aliphatic heterocycles. The van der Waals surface area contributed by atoms with Gasteiger partial charge in [0.2, 0.25) is 0 Å². The van der Waals surface area contributed by atoms with Crippen molar-refractivity contribution in [2.75, 3.05) is 6.61 Å². The summed E-state index contributed by atoms with van der Waals surface area (Å²) in [6.07, 6.45) is 5.24. The molecule has 2 heterocycles. The molecule has 7 heteroatoms. The van der Waals surface area contributed by atoms with Gasteiger partial charge in [-0.2, -0.15) is 0 Å². The van der Waals surface area contributed by atoms with Gasteiger partial charge in [-0.1, -0.05) is 6.08 Å². The summed E-state index contributed by atoms with van der Waals surface area (Å²) in [6.45, 7) is 2.16. The van der Waals surface area contributed by atoms with Gasteiger partial charge >= 0.3 is 5.97 Å². The second-order valence-corrected chi connectivity index (χ2v) is 6.33. The molecule has 1 aromatic carbocycles. The fourth-order valence-electron chi connectivity index (χ4n) is 3.51. The van der Waals surface area contributed by atoms with Gasteiger partial charge in [0, 0.05) is 6.07 Å². The van der Waals surface area contributed by atoms with E-state index in [1.165, 1.54) is 12.4 Å². The first-order valence-electron chi connectivity index (χ1n) is 8.56. The fourth-order valence-corrected chi connectivity index (χ4v) is 3.51. The number of H-pyrrole nitrogens is 1. The van der Waals surface area contributed by atoms with Crippen LogP contribution in [0.25, 0.3) is 27.5 Å². The molecule has 0 amide bonds. The largest absolute Gasteiger partial charge is 0.466 e. The standard InChI is InChI=1S/C19H17F2N3O2/c1-2-26-19(25)11-5-3-10(4-6-11)16-18-17(23-9-22-16)15-13(21)7-12(20)8-14(15)24-18/h3,7-9,11,24H,2,4-6H2,1H3. The van der Waals surface area contributed by atoms with Gasteiger partial charge < -0.3 is 9.72 Å². The van der Waals surface area contributed by atoms with E-state index in [1.54, 1.807) is 6.92 Å². The molecule has 134 valence electrons. The monoisotopic (exact) mass is 357 g/mol. The zero-order valence-electron chi connectivity index (χ0n) is 14.2. The SMILES string of the molecule is CCOC(=O)C1CC=C(c2ncnc3c2[nH]c2cc(F)cc(F)c23)CC1. The van der Waals surface area contributed by atoms with Gasteiger partial charge in [-0.15, -0.1) is 0 Å². The van der Waals surface area contributed by atoms with Gasteiger partial charge in [0.1, 0.15) is 23.5 Å². The van der Waals surface area contributed by atoms with Crippen molar-refractivity contribution in [3.8, 4) is 0 Å². The van der Waals surface area contributed by atoms with Crippen LogP contribution in [0.3, 0.4) is 0 Å². The first-order chi connectivity index (χ1) is 12.6. The summed E-state index contributed by atoms with van der Waals surface area (Å²) in [5.41, 5.74) is 2.97. The Morgan fingerprint density at radius 1 is 1.35 bits per heavy atom. The van der Waals surface area contributed by atoms with Crippen molar-refractivity contribution < 1.29 is 18.3 Å². The number of benzene rings is 1.